The first kappa shape index (κ1) is 16.0. The van der Waals surface area contributed by atoms with Crippen LogP contribution in [0.15, 0.2) is 24.3 Å². The molecule has 2 rings (SSSR count). The second kappa shape index (κ2) is 7.06. The summed E-state index contributed by atoms with van der Waals surface area (Å²) in [5.74, 6) is -0.827. The van der Waals surface area contributed by atoms with E-state index in [1.165, 1.54) is 0 Å². The normalized spacial score (nSPS) is 14.4. The van der Waals surface area contributed by atoms with Crippen molar-refractivity contribution in [3.8, 4) is 0 Å². The molecule has 1 heterocycles. The lowest BCUT2D eigenvalue weighted by Crippen LogP contribution is -2.40. The fraction of sp³-hybridized carbons (Fsp3) is 0.438. The number of carbonyl (C=O) groups excluding carboxylic acids is 3. The van der Waals surface area contributed by atoms with Crippen molar-refractivity contribution in [1.82, 2.24) is 10.2 Å². The zero-order chi connectivity index (χ0) is 16.1. The Hall–Kier alpha value is -2.37. The standard InChI is InChI=1S/C16H21N3O3/c1-18(2)13-5-3-12(4-6-13)9-10-17-14(20)11-19-15(21)7-8-16(19)22/h3-6H,7-11H2,1-2H3,(H,17,20). The van der Waals surface area contributed by atoms with Gasteiger partial charge in [-0.1, -0.05) is 12.1 Å². The van der Waals surface area contributed by atoms with Crippen LogP contribution in [0.1, 0.15) is 18.4 Å². The summed E-state index contributed by atoms with van der Waals surface area (Å²) in [6.07, 6.45) is 1.13. The summed E-state index contributed by atoms with van der Waals surface area (Å²) in [6, 6.07) is 8.10. The summed E-state index contributed by atoms with van der Waals surface area (Å²) in [5.41, 5.74) is 2.25. The Morgan fingerprint density at radius 2 is 1.73 bits per heavy atom. The Labute approximate surface area is 130 Å². The van der Waals surface area contributed by atoms with Gasteiger partial charge in [-0.05, 0) is 24.1 Å². The number of anilines is 1. The fourth-order valence-corrected chi connectivity index (χ4v) is 2.31. The van der Waals surface area contributed by atoms with Gasteiger partial charge in [-0.25, -0.2) is 0 Å². The average Bonchev–Trinajstić information content (AvgIpc) is 2.79. The number of carbonyl (C=O) groups is 3. The molecule has 118 valence electrons. The summed E-state index contributed by atoms with van der Waals surface area (Å²) in [6.45, 7) is 0.313. The van der Waals surface area contributed by atoms with Crippen LogP contribution >= 0.6 is 0 Å². The van der Waals surface area contributed by atoms with E-state index >= 15 is 0 Å². The SMILES string of the molecule is CN(C)c1ccc(CCNC(=O)CN2C(=O)CCC2=O)cc1. The molecular formula is C16H21N3O3. The molecule has 22 heavy (non-hydrogen) atoms. The molecule has 0 atom stereocenters. The van der Waals surface area contributed by atoms with Crippen LogP contribution in [0.4, 0.5) is 5.69 Å². The largest absolute Gasteiger partial charge is 0.378 e. The molecule has 1 N–H and O–H groups in total. The van der Waals surface area contributed by atoms with Gasteiger partial charge in [0.2, 0.25) is 17.7 Å². The first-order valence-corrected chi connectivity index (χ1v) is 7.33. The molecule has 3 amide bonds. The second-order valence-electron chi connectivity index (χ2n) is 5.53. The minimum absolute atomic E-state index is 0.169. The molecule has 1 aliphatic rings. The molecular weight excluding hydrogens is 282 g/mol. The summed E-state index contributed by atoms with van der Waals surface area (Å²) in [7, 11) is 3.96. The predicted molar refractivity (Wildman–Crippen MR) is 83.4 cm³/mol. The molecule has 1 fully saturated rings. The van der Waals surface area contributed by atoms with Crippen molar-refractivity contribution >= 4 is 23.4 Å². The number of nitrogens with one attached hydrogen (secondary N) is 1. The van der Waals surface area contributed by atoms with E-state index in [-0.39, 0.29) is 37.1 Å². The first-order valence-electron chi connectivity index (χ1n) is 7.33. The van der Waals surface area contributed by atoms with E-state index in [0.29, 0.717) is 13.0 Å². The maximum atomic E-state index is 11.8. The third-order valence-corrected chi connectivity index (χ3v) is 3.65. The Morgan fingerprint density at radius 1 is 1.14 bits per heavy atom. The highest BCUT2D eigenvalue weighted by Crippen LogP contribution is 2.12. The van der Waals surface area contributed by atoms with Crippen LogP contribution in [-0.2, 0) is 20.8 Å². The molecule has 0 aromatic heterocycles. The van der Waals surface area contributed by atoms with E-state index in [1.807, 2.05) is 43.3 Å². The highest BCUT2D eigenvalue weighted by molar-refractivity contribution is 6.04. The lowest BCUT2D eigenvalue weighted by Gasteiger charge is -2.14. The number of rotatable bonds is 6. The van der Waals surface area contributed by atoms with E-state index in [4.69, 9.17) is 0 Å². The van der Waals surface area contributed by atoms with E-state index in [0.717, 1.165) is 16.2 Å². The number of imide groups is 1. The highest BCUT2D eigenvalue weighted by Gasteiger charge is 2.30. The minimum Gasteiger partial charge on any atom is -0.378 e. The Kier molecular flexibility index (Phi) is 5.14. The monoisotopic (exact) mass is 303 g/mol. The topological polar surface area (TPSA) is 69.7 Å². The van der Waals surface area contributed by atoms with Gasteiger partial charge in [0.25, 0.3) is 0 Å². The second-order valence-corrected chi connectivity index (χ2v) is 5.53. The van der Waals surface area contributed by atoms with E-state index in [2.05, 4.69) is 5.32 Å². The molecule has 1 aromatic rings. The van der Waals surface area contributed by atoms with Crippen LogP contribution in [0.25, 0.3) is 0 Å². The molecule has 1 aromatic carbocycles. The third kappa shape index (κ3) is 4.07. The van der Waals surface area contributed by atoms with Crippen LogP contribution in [-0.4, -0.2) is 49.8 Å². The Balaban J connectivity index is 1.75. The lowest BCUT2D eigenvalue weighted by molar-refractivity contribution is -0.142. The predicted octanol–water partition coefficient (Wildman–Crippen LogP) is 0.560. The number of hydrogen-bond acceptors (Lipinski definition) is 4. The summed E-state index contributed by atoms with van der Waals surface area (Å²) < 4.78 is 0. The molecule has 0 unspecified atom stereocenters. The van der Waals surface area contributed by atoms with Gasteiger partial charge >= 0.3 is 0 Å². The highest BCUT2D eigenvalue weighted by atomic mass is 16.2. The van der Waals surface area contributed by atoms with Crippen molar-refractivity contribution in [2.45, 2.75) is 19.3 Å². The molecule has 0 aliphatic carbocycles. The molecule has 1 aliphatic heterocycles. The van der Waals surface area contributed by atoms with Gasteiger partial charge in [0, 0.05) is 39.2 Å². The molecule has 0 radical (unpaired) electrons. The van der Waals surface area contributed by atoms with Crippen LogP contribution < -0.4 is 10.2 Å². The third-order valence-electron chi connectivity index (χ3n) is 3.65. The fourth-order valence-electron chi connectivity index (χ4n) is 2.31. The molecule has 0 saturated carbocycles. The van der Waals surface area contributed by atoms with Gasteiger partial charge < -0.3 is 10.2 Å². The maximum Gasteiger partial charge on any atom is 0.240 e. The van der Waals surface area contributed by atoms with Crippen molar-refractivity contribution in [1.29, 1.82) is 0 Å². The van der Waals surface area contributed by atoms with Gasteiger partial charge in [-0.15, -0.1) is 0 Å². The van der Waals surface area contributed by atoms with Crippen LogP contribution in [0.5, 0.6) is 0 Å². The van der Waals surface area contributed by atoms with Gasteiger partial charge in [-0.3, -0.25) is 19.3 Å². The minimum atomic E-state index is -0.298. The zero-order valence-corrected chi connectivity index (χ0v) is 13.0. The maximum absolute atomic E-state index is 11.8. The quantitative estimate of drug-likeness (QED) is 0.780. The van der Waals surface area contributed by atoms with Crippen molar-refractivity contribution in [3.05, 3.63) is 29.8 Å². The smallest absolute Gasteiger partial charge is 0.240 e. The number of amides is 3. The van der Waals surface area contributed by atoms with Crippen LogP contribution in [0.3, 0.4) is 0 Å². The lowest BCUT2D eigenvalue weighted by atomic mass is 10.1. The van der Waals surface area contributed by atoms with E-state index in [9.17, 15) is 14.4 Å². The summed E-state index contributed by atoms with van der Waals surface area (Å²) in [5, 5.41) is 2.74. The average molecular weight is 303 g/mol. The van der Waals surface area contributed by atoms with Crippen molar-refractivity contribution in [2.75, 3.05) is 32.1 Å². The molecule has 0 bridgehead atoms. The molecule has 6 heteroatoms. The van der Waals surface area contributed by atoms with Crippen molar-refractivity contribution in [2.24, 2.45) is 0 Å². The first-order chi connectivity index (χ1) is 10.5. The van der Waals surface area contributed by atoms with E-state index in [1.54, 1.807) is 0 Å². The van der Waals surface area contributed by atoms with Gasteiger partial charge in [0.05, 0.1) is 0 Å². The zero-order valence-electron chi connectivity index (χ0n) is 13.0. The van der Waals surface area contributed by atoms with Crippen molar-refractivity contribution < 1.29 is 14.4 Å². The van der Waals surface area contributed by atoms with Gasteiger partial charge in [0.1, 0.15) is 6.54 Å². The number of benzene rings is 1. The Bertz CT molecular complexity index is 551. The van der Waals surface area contributed by atoms with Crippen LogP contribution in [0.2, 0.25) is 0 Å². The van der Waals surface area contributed by atoms with E-state index < -0.39 is 0 Å². The summed E-state index contributed by atoms with van der Waals surface area (Å²) in [4.78, 5) is 37.7. The molecule has 1 saturated heterocycles. The van der Waals surface area contributed by atoms with Crippen molar-refractivity contribution in [3.63, 3.8) is 0 Å². The number of likely N-dealkylation sites (tertiary alicyclic amines) is 1. The van der Waals surface area contributed by atoms with Gasteiger partial charge in [-0.2, -0.15) is 0 Å². The molecule has 0 spiro atoms. The number of nitrogens with zero attached hydrogens (tertiary/aromatic N) is 2. The molecule has 6 nitrogen and oxygen atoms in total. The summed E-state index contributed by atoms with van der Waals surface area (Å²) >= 11 is 0. The van der Waals surface area contributed by atoms with Gasteiger partial charge in [0.15, 0.2) is 0 Å². The van der Waals surface area contributed by atoms with Crippen LogP contribution in [0, 0.1) is 0 Å². The Morgan fingerprint density at radius 3 is 2.27 bits per heavy atom. The number of hydrogen-bond donors (Lipinski definition) is 1.